The summed E-state index contributed by atoms with van der Waals surface area (Å²) in [6.07, 6.45) is 2.51. The van der Waals surface area contributed by atoms with Crippen LogP contribution in [0.25, 0.3) is 0 Å². The Hall–Kier alpha value is -1.02. The molecule has 0 saturated heterocycles. The molecule has 0 aromatic heterocycles. The zero-order valence-electron chi connectivity index (χ0n) is 13.6. The molecule has 1 fully saturated rings. The second kappa shape index (κ2) is 4.49. The average molecular weight is 272 g/mol. The van der Waals surface area contributed by atoms with Crippen LogP contribution in [-0.4, -0.2) is 19.6 Å². The molecule has 20 heavy (non-hydrogen) atoms. The van der Waals surface area contributed by atoms with Crippen LogP contribution in [-0.2, 0) is 13.0 Å². The third kappa shape index (κ3) is 2.05. The fraction of sp³-hybridized carbons (Fsp3) is 0.667. The first-order valence-corrected chi connectivity index (χ1v) is 7.90. The SMILES string of the molecule is CN1CCCc2cc(CNC3C(C)(C)C3(C)C)ccc21. The van der Waals surface area contributed by atoms with E-state index in [2.05, 4.69) is 63.2 Å². The summed E-state index contributed by atoms with van der Waals surface area (Å²) in [6.45, 7) is 11.7. The molecule has 1 aromatic rings. The topological polar surface area (TPSA) is 15.3 Å². The van der Waals surface area contributed by atoms with Crippen molar-refractivity contribution in [2.24, 2.45) is 10.8 Å². The summed E-state index contributed by atoms with van der Waals surface area (Å²) in [5.74, 6) is 0. The smallest absolute Gasteiger partial charge is 0.0396 e. The fourth-order valence-electron chi connectivity index (χ4n) is 3.88. The van der Waals surface area contributed by atoms with Crippen LogP contribution in [0.3, 0.4) is 0 Å². The third-order valence-corrected chi connectivity index (χ3v) is 6.03. The first-order chi connectivity index (χ1) is 9.34. The Kier molecular flexibility index (Phi) is 3.13. The zero-order chi connectivity index (χ0) is 14.5. The predicted octanol–water partition coefficient (Wildman–Crippen LogP) is 3.59. The van der Waals surface area contributed by atoms with Crippen LogP contribution in [0.5, 0.6) is 0 Å². The monoisotopic (exact) mass is 272 g/mol. The highest BCUT2D eigenvalue weighted by molar-refractivity contribution is 5.56. The number of nitrogens with zero attached hydrogens (tertiary/aromatic N) is 1. The summed E-state index contributed by atoms with van der Waals surface area (Å²) in [6, 6.07) is 7.62. The summed E-state index contributed by atoms with van der Waals surface area (Å²) in [7, 11) is 2.20. The van der Waals surface area contributed by atoms with Gasteiger partial charge in [-0.1, -0.05) is 39.8 Å². The Labute approximate surface area is 123 Å². The van der Waals surface area contributed by atoms with E-state index in [0.717, 1.165) is 6.54 Å². The highest BCUT2D eigenvalue weighted by Crippen LogP contribution is 2.62. The Bertz CT molecular complexity index is 502. The van der Waals surface area contributed by atoms with Crippen molar-refractivity contribution in [2.45, 2.75) is 53.1 Å². The van der Waals surface area contributed by atoms with E-state index in [-0.39, 0.29) is 0 Å². The molecule has 110 valence electrons. The van der Waals surface area contributed by atoms with Crippen molar-refractivity contribution >= 4 is 5.69 Å². The van der Waals surface area contributed by atoms with Gasteiger partial charge >= 0.3 is 0 Å². The first kappa shape index (κ1) is 13.9. The molecule has 0 amide bonds. The molecule has 0 atom stereocenters. The van der Waals surface area contributed by atoms with Gasteiger partial charge in [0, 0.05) is 31.9 Å². The van der Waals surface area contributed by atoms with Crippen LogP contribution in [0, 0.1) is 10.8 Å². The fourth-order valence-corrected chi connectivity index (χ4v) is 3.88. The molecular formula is C18H28N2. The molecule has 1 saturated carbocycles. The Morgan fingerprint density at radius 2 is 1.90 bits per heavy atom. The lowest BCUT2D eigenvalue weighted by Crippen LogP contribution is -2.25. The molecule has 1 aliphatic carbocycles. The van der Waals surface area contributed by atoms with Gasteiger partial charge in [-0.2, -0.15) is 0 Å². The molecule has 1 aromatic carbocycles. The number of nitrogens with one attached hydrogen (secondary N) is 1. The molecule has 1 N–H and O–H groups in total. The molecule has 2 heteroatoms. The third-order valence-electron chi connectivity index (χ3n) is 6.03. The normalized spacial score (nSPS) is 23.6. The van der Waals surface area contributed by atoms with Gasteiger partial charge in [-0.15, -0.1) is 0 Å². The number of rotatable bonds is 3. The molecule has 3 rings (SSSR count). The molecule has 2 aliphatic rings. The van der Waals surface area contributed by atoms with E-state index in [1.807, 2.05) is 0 Å². The van der Waals surface area contributed by atoms with E-state index >= 15 is 0 Å². The van der Waals surface area contributed by atoms with E-state index < -0.39 is 0 Å². The maximum absolute atomic E-state index is 3.76. The van der Waals surface area contributed by atoms with Gasteiger partial charge in [0.15, 0.2) is 0 Å². The van der Waals surface area contributed by atoms with E-state index in [1.54, 1.807) is 0 Å². The van der Waals surface area contributed by atoms with Crippen molar-refractivity contribution < 1.29 is 0 Å². The van der Waals surface area contributed by atoms with Crippen molar-refractivity contribution in [2.75, 3.05) is 18.5 Å². The van der Waals surface area contributed by atoms with Crippen LogP contribution in [0.4, 0.5) is 5.69 Å². The van der Waals surface area contributed by atoms with Crippen molar-refractivity contribution in [3.63, 3.8) is 0 Å². The first-order valence-electron chi connectivity index (χ1n) is 7.90. The van der Waals surface area contributed by atoms with E-state index in [0.29, 0.717) is 16.9 Å². The highest BCUT2D eigenvalue weighted by atomic mass is 15.1. The average Bonchev–Trinajstić information content (AvgIpc) is 2.77. The highest BCUT2D eigenvalue weighted by Gasteiger charge is 2.64. The number of hydrogen-bond acceptors (Lipinski definition) is 2. The van der Waals surface area contributed by atoms with Gasteiger partial charge in [0.2, 0.25) is 0 Å². The minimum Gasteiger partial charge on any atom is -0.374 e. The van der Waals surface area contributed by atoms with E-state index in [1.165, 1.54) is 36.2 Å². The van der Waals surface area contributed by atoms with E-state index in [4.69, 9.17) is 0 Å². The molecule has 1 heterocycles. The largest absolute Gasteiger partial charge is 0.374 e. The summed E-state index contributed by atoms with van der Waals surface area (Å²) in [4.78, 5) is 2.38. The molecule has 0 radical (unpaired) electrons. The molecule has 0 bridgehead atoms. The summed E-state index contributed by atoms with van der Waals surface area (Å²) in [5, 5.41) is 3.76. The lowest BCUT2D eigenvalue weighted by atomic mass is 9.99. The lowest BCUT2D eigenvalue weighted by Gasteiger charge is -2.28. The van der Waals surface area contributed by atoms with E-state index in [9.17, 15) is 0 Å². The quantitative estimate of drug-likeness (QED) is 0.904. The van der Waals surface area contributed by atoms with Crippen LogP contribution < -0.4 is 10.2 Å². The minimum absolute atomic E-state index is 0.418. The second-order valence-electron chi connectivity index (χ2n) is 7.75. The lowest BCUT2D eigenvalue weighted by molar-refractivity contribution is 0.457. The van der Waals surface area contributed by atoms with Crippen LogP contribution in [0.1, 0.15) is 45.2 Å². The Morgan fingerprint density at radius 3 is 2.55 bits per heavy atom. The molecule has 1 aliphatic heterocycles. The minimum atomic E-state index is 0.418. The number of aryl methyl sites for hydroxylation is 1. The van der Waals surface area contributed by atoms with Crippen molar-refractivity contribution in [1.29, 1.82) is 0 Å². The van der Waals surface area contributed by atoms with Crippen molar-refractivity contribution in [3.05, 3.63) is 29.3 Å². The number of hydrogen-bond donors (Lipinski definition) is 1. The maximum Gasteiger partial charge on any atom is 0.0396 e. The standard InChI is InChI=1S/C18H28N2/c1-17(2)16(18(17,3)4)19-12-13-8-9-15-14(11-13)7-6-10-20(15)5/h8-9,11,16,19H,6-7,10,12H2,1-5H3. The van der Waals surface area contributed by atoms with Gasteiger partial charge in [0.25, 0.3) is 0 Å². The van der Waals surface area contributed by atoms with Crippen molar-refractivity contribution in [3.8, 4) is 0 Å². The predicted molar refractivity (Wildman–Crippen MR) is 86.2 cm³/mol. The zero-order valence-corrected chi connectivity index (χ0v) is 13.6. The Balaban J connectivity index is 1.68. The van der Waals surface area contributed by atoms with Gasteiger partial charge in [-0.25, -0.2) is 0 Å². The summed E-state index contributed by atoms with van der Waals surface area (Å²) < 4.78 is 0. The van der Waals surface area contributed by atoms with Crippen LogP contribution >= 0.6 is 0 Å². The second-order valence-corrected chi connectivity index (χ2v) is 7.75. The Morgan fingerprint density at radius 1 is 1.20 bits per heavy atom. The summed E-state index contributed by atoms with van der Waals surface area (Å²) >= 11 is 0. The number of anilines is 1. The summed E-state index contributed by atoms with van der Waals surface area (Å²) in [5.41, 5.74) is 5.21. The molecule has 0 spiro atoms. The maximum atomic E-state index is 3.76. The number of fused-ring (bicyclic) bond motifs is 1. The molecule has 2 nitrogen and oxygen atoms in total. The van der Waals surface area contributed by atoms with Gasteiger partial charge in [0.1, 0.15) is 0 Å². The molecular weight excluding hydrogens is 244 g/mol. The number of benzene rings is 1. The van der Waals surface area contributed by atoms with Gasteiger partial charge < -0.3 is 10.2 Å². The van der Waals surface area contributed by atoms with Gasteiger partial charge in [-0.05, 0) is 40.9 Å². The molecule has 0 unspecified atom stereocenters. The van der Waals surface area contributed by atoms with Crippen LogP contribution in [0.2, 0.25) is 0 Å². The van der Waals surface area contributed by atoms with Gasteiger partial charge in [0.05, 0.1) is 0 Å². The van der Waals surface area contributed by atoms with Crippen LogP contribution in [0.15, 0.2) is 18.2 Å². The van der Waals surface area contributed by atoms with Gasteiger partial charge in [-0.3, -0.25) is 0 Å². The van der Waals surface area contributed by atoms with Crippen molar-refractivity contribution in [1.82, 2.24) is 5.32 Å².